The van der Waals surface area contributed by atoms with Crippen LogP contribution in [0, 0.1) is 11.6 Å². The van der Waals surface area contributed by atoms with Crippen molar-refractivity contribution < 1.29 is 28.2 Å². The Labute approximate surface area is 182 Å². The number of benzene rings is 3. The van der Waals surface area contributed by atoms with Gasteiger partial charge in [-0.15, -0.1) is 0 Å². The van der Waals surface area contributed by atoms with E-state index in [9.17, 15) is 23.5 Å². The number of hydrogen-bond donors (Lipinski definition) is 2. The highest BCUT2D eigenvalue weighted by atomic mass is 35.5. The summed E-state index contributed by atoms with van der Waals surface area (Å²) in [5.74, 6) is -3.92. The normalized spacial score (nSPS) is 11.6. The molecular formula is C23H18ClF2NO4. The van der Waals surface area contributed by atoms with Crippen LogP contribution < -0.4 is 10.1 Å². The number of rotatable bonds is 7. The third-order valence-electron chi connectivity index (χ3n) is 4.61. The van der Waals surface area contributed by atoms with Crippen molar-refractivity contribution in [3.8, 4) is 5.75 Å². The number of amides is 1. The molecule has 5 nitrogen and oxygen atoms in total. The van der Waals surface area contributed by atoms with Gasteiger partial charge in [0.15, 0.2) is 17.4 Å². The summed E-state index contributed by atoms with van der Waals surface area (Å²) in [5, 5.41) is 12.4. The van der Waals surface area contributed by atoms with Gasteiger partial charge in [-0.3, -0.25) is 4.79 Å². The van der Waals surface area contributed by atoms with Crippen LogP contribution in [0.4, 0.5) is 8.78 Å². The molecule has 0 heterocycles. The average Bonchev–Trinajstić information content (AvgIpc) is 2.74. The summed E-state index contributed by atoms with van der Waals surface area (Å²) >= 11 is 6.03. The molecule has 0 spiro atoms. The third-order valence-corrected chi connectivity index (χ3v) is 4.85. The number of carbonyl (C=O) groups excluding carboxylic acids is 1. The lowest BCUT2D eigenvalue weighted by Gasteiger charge is -2.18. The smallest absolute Gasteiger partial charge is 0.336 e. The van der Waals surface area contributed by atoms with Crippen LogP contribution in [0.2, 0.25) is 5.02 Å². The van der Waals surface area contributed by atoms with Crippen LogP contribution in [0.3, 0.4) is 0 Å². The Morgan fingerprint density at radius 2 is 1.71 bits per heavy atom. The molecule has 0 radical (unpaired) electrons. The maximum atomic E-state index is 13.8. The van der Waals surface area contributed by atoms with Crippen LogP contribution in [-0.4, -0.2) is 17.0 Å². The quantitative estimate of drug-likeness (QED) is 0.511. The van der Waals surface area contributed by atoms with E-state index < -0.39 is 35.3 Å². The predicted molar refractivity (Wildman–Crippen MR) is 111 cm³/mol. The van der Waals surface area contributed by atoms with Crippen molar-refractivity contribution in [1.29, 1.82) is 0 Å². The van der Waals surface area contributed by atoms with Gasteiger partial charge >= 0.3 is 5.97 Å². The summed E-state index contributed by atoms with van der Waals surface area (Å²) in [6.07, 6.45) is 0. The van der Waals surface area contributed by atoms with E-state index in [0.29, 0.717) is 11.1 Å². The largest absolute Gasteiger partial charge is 0.483 e. The Bertz CT molecular complexity index is 1120. The van der Waals surface area contributed by atoms with Crippen molar-refractivity contribution in [1.82, 2.24) is 5.32 Å². The second-order valence-corrected chi connectivity index (χ2v) is 7.16. The van der Waals surface area contributed by atoms with Crippen molar-refractivity contribution >= 4 is 23.5 Å². The monoisotopic (exact) mass is 445 g/mol. The molecule has 0 aliphatic heterocycles. The molecule has 0 fully saturated rings. The van der Waals surface area contributed by atoms with E-state index in [2.05, 4.69) is 5.32 Å². The molecule has 1 amide bonds. The number of halogens is 3. The van der Waals surface area contributed by atoms with Crippen LogP contribution in [0.5, 0.6) is 5.75 Å². The van der Waals surface area contributed by atoms with Crippen LogP contribution in [0.25, 0.3) is 0 Å². The first-order valence-corrected chi connectivity index (χ1v) is 9.64. The Balaban J connectivity index is 1.83. The van der Waals surface area contributed by atoms with E-state index in [0.717, 1.165) is 12.1 Å². The Morgan fingerprint density at radius 1 is 1.03 bits per heavy atom. The summed E-state index contributed by atoms with van der Waals surface area (Å²) in [4.78, 5) is 24.4. The molecule has 0 unspecified atom stereocenters. The maximum Gasteiger partial charge on any atom is 0.336 e. The highest BCUT2D eigenvalue weighted by Crippen LogP contribution is 2.25. The zero-order valence-corrected chi connectivity index (χ0v) is 17.1. The van der Waals surface area contributed by atoms with Crippen molar-refractivity contribution in [3.05, 3.63) is 99.6 Å². The number of ether oxygens (including phenoxy) is 1. The molecule has 1 atom stereocenters. The zero-order valence-electron chi connectivity index (χ0n) is 16.4. The maximum absolute atomic E-state index is 13.8. The SMILES string of the molecule is C[C@H](NC(=O)c1cc(Cl)ccc1COc1c(F)cccc1F)c1ccccc1C(=O)O. The fraction of sp³-hybridized carbons (Fsp3) is 0.130. The molecule has 0 bridgehead atoms. The molecule has 160 valence electrons. The van der Waals surface area contributed by atoms with Gasteiger partial charge in [-0.25, -0.2) is 13.6 Å². The van der Waals surface area contributed by atoms with Gasteiger partial charge in [-0.2, -0.15) is 0 Å². The van der Waals surface area contributed by atoms with Crippen molar-refractivity contribution in [3.63, 3.8) is 0 Å². The molecule has 3 aromatic carbocycles. The van der Waals surface area contributed by atoms with Crippen LogP contribution in [0.15, 0.2) is 60.7 Å². The fourth-order valence-corrected chi connectivity index (χ4v) is 3.25. The van der Waals surface area contributed by atoms with Crippen molar-refractivity contribution in [2.75, 3.05) is 0 Å². The molecule has 0 aliphatic carbocycles. The first-order valence-electron chi connectivity index (χ1n) is 9.26. The standard InChI is InChI=1S/C23H18ClF2NO4/c1-13(16-5-2-3-6-17(16)23(29)30)27-22(28)18-11-15(24)10-9-14(18)12-31-21-19(25)7-4-8-20(21)26/h2-11,13H,12H2,1H3,(H,27,28)(H,29,30)/t13-/m0/s1. The van der Waals surface area contributed by atoms with Gasteiger partial charge in [-0.05, 0) is 42.8 Å². The van der Waals surface area contributed by atoms with Crippen LogP contribution in [0.1, 0.15) is 44.8 Å². The lowest BCUT2D eigenvalue weighted by Crippen LogP contribution is -2.29. The lowest BCUT2D eigenvalue weighted by molar-refractivity contribution is 0.0693. The first-order chi connectivity index (χ1) is 14.8. The van der Waals surface area contributed by atoms with Gasteiger partial charge in [0.25, 0.3) is 5.91 Å². The molecule has 0 saturated carbocycles. The highest BCUT2D eigenvalue weighted by Gasteiger charge is 2.20. The number of carbonyl (C=O) groups is 2. The second kappa shape index (κ2) is 9.57. The second-order valence-electron chi connectivity index (χ2n) is 6.73. The topological polar surface area (TPSA) is 75.6 Å². The van der Waals surface area contributed by atoms with Crippen molar-refractivity contribution in [2.45, 2.75) is 19.6 Å². The molecule has 2 N–H and O–H groups in total. The van der Waals surface area contributed by atoms with Gasteiger partial charge in [0.1, 0.15) is 6.61 Å². The minimum absolute atomic E-state index is 0.0694. The van der Waals surface area contributed by atoms with E-state index in [1.807, 2.05) is 0 Å². The summed E-state index contributed by atoms with van der Waals surface area (Å²) in [5.41, 5.74) is 0.990. The van der Waals surface area contributed by atoms with Gasteiger partial charge in [0.05, 0.1) is 11.6 Å². The molecule has 0 aliphatic rings. The van der Waals surface area contributed by atoms with Gasteiger partial charge in [-0.1, -0.05) is 41.9 Å². The van der Waals surface area contributed by atoms with Crippen molar-refractivity contribution in [2.24, 2.45) is 0 Å². The summed E-state index contributed by atoms with van der Waals surface area (Å²) in [6, 6.07) is 13.5. The minimum atomic E-state index is -1.11. The molecule has 3 aromatic rings. The Hall–Kier alpha value is -3.45. The third kappa shape index (κ3) is 5.19. The molecular weight excluding hydrogens is 428 g/mol. The van der Waals surface area contributed by atoms with E-state index in [-0.39, 0.29) is 22.8 Å². The summed E-state index contributed by atoms with van der Waals surface area (Å²) in [7, 11) is 0. The fourth-order valence-electron chi connectivity index (χ4n) is 3.08. The van der Waals surface area contributed by atoms with E-state index >= 15 is 0 Å². The Kier molecular flexibility index (Phi) is 6.87. The molecule has 8 heteroatoms. The predicted octanol–water partition coefficient (Wildman–Crippen LogP) is 5.39. The molecule has 0 saturated heterocycles. The minimum Gasteiger partial charge on any atom is -0.483 e. The number of para-hydroxylation sites is 1. The molecule has 31 heavy (non-hydrogen) atoms. The van der Waals surface area contributed by atoms with E-state index in [4.69, 9.17) is 16.3 Å². The summed E-state index contributed by atoms with van der Waals surface area (Å²) in [6.45, 7) is 1.37. The van der Waals surface area contributed by atoms with Crippen LogP contribution >= 0.6 is 11.6 Å². The summed E-state index contributed by atoms with van der Waals surface area (Å²) < 4.78 is 32.9. The van der Waals surface area contributed by atoms with E-state index in [1.165, 1.54) is 30.3 Å². The zero-order chi connectivity index (χ0) is 22.5. The van der Waals surface area contributed by atoms with Gasteiger partial charge < -0.3 is 15.2 Å². The number of carboxylic acid groups (broad SMARTS) is 1. The number of hydrogen-bond acceptors (Lipinski definition) is 3. The van der Waals surface area contributed by atoms with Crippen LogP contribution in [-0.2, 0) is 6.61 Å². The molecule has 0 aromatic heterocycles. The molecule has 3 rings (SSSR count). The number of nitrogens with one attached hydrogen (secondary N) is 1. The number of aromatic carboxylic acids is 1. The number of carboxylic acids is 1. The first kappa shape index (κ1) is 22.2. The lowest BCUT2D eigenvalue weighted by atomic mass is 10.0. The van der Waals surface area contributed by atoms with Gasteiger partial charge in [0, 0.05) is 16.1 Å². The van der Waals surface area contributed by atoms with Gasteiger partial charge in [0.2, 0.25) is 0 Å². The average molecular weight is 446 g/mol. The Morgan fingerprint density at radius 3 is 2.39 bits per heavy atom. The highest BCUT2D eigenvalue weighted by molar-refractivity contribution is 6.31. The van der Waals surface area contributed by atoms with E-state index in [1.54, 1.807) is 25.1 Å².